The Morgan fingerprint density at radius 1 is 1.13 bits per heavy atom. The van der Waals surface area contributed by atoms with Crippen LogP contribution in [0.15, 0.2) is 48.5 Å². The van der Waals surface area contributed by atoms with Gasteiger partial charge in [0.25, 0.3) is 5.91 Å². The summed E-state index contributed by atoms with van der Waals surface area (Å²) in [6, 6.07) is 15.7. The number of nitrogens with zero attached hydrogens (tertiary/aromatic N) is 1. The number of para-hydroxylation sites is 2. The van der Waals surface area contributed by atoms with Crippen molar-refractivity contribution in [2.45, 2.75) is 26.2 Å². The summed E-state index contributed by atoms with van der Waals surface area (Å²) in [6.07, 6.45) is 2.82. The number of carbonyl (C=O) groups is 1. The van der Waals surface area contributed by atoms with Crippen LogP contribution in [-0.4, -0.2) is 22.4 Å². The highest BCUT2D eigenvalue weighted by atomic mass is 16.1. The summed E-state index contributed by atoms with van der Waals surface area (Å²) in [4.78, 5) is 19.9. The molecular formula is C19H21N3O. The second-order valence-corrected chi connectivity index (χ2v) is 5.68. The zero-order chi connectivity index (χ0) is 16.1. The van der Waals surface area contributed by atoms with E-state index in [4.69, 9.17) is 0 Å². The second kappa shape index (κ2) is 7.09. The number of rotatable bonds is 6. The lowest BCUT2D eigenvalue weighted by Crippen LogP contribution is -2.24. The van der Waals surface area contributed by atoms with Crippen LogP contribution in [0.5, 0.6) is 0 Å². The van der Waals surface area contributed by atoms with Gasteiger partial charge in [0, 0.05) is 18.5 Å². The Kier molecular flexibility index (Phi) is 4.71. The van der Waals surface area contributed by atoms with Crippen LogP contribution in [0.25, 0.3) is 11.0 Å². The minimum atomic E-state index is -0.00580. The van der Waals surface area contributed by atoms with Gasteiger partial charge in [-0.25, -0.2) is 4.98 Å². The van der Waals surface area contributed by atoms with Crippen LogP contribution in [0.1, 0.15) is 41.5 Å². The third-order valence-electron chi connectivity index (χ3n) is 3.84. The molecule has 0 saturated carbocycles. The lowest BCUT2D eigenvalue weighted by Gasteiger charge is -2.05. The maximum Gasteiger partial charge on any atom is 0.251 e. The average Bonchev–Trinajstić information content (AvgIpc) is 2.98. The quantitative estimate of drug-likeness (QED) is 0.682. The first kappa shape index (κ1) is 15.3. The zero-order valence-corrected chi connectivity index (χ0v) is 13.3. The van der Waals surface area contributed by atoms with Crippen molar-refractivity contribution >= 4 is 16.9 Å². The van der Waals surface area contributed by atoms with Crippen molar-refractivity contribution in [1.82, 2.24) is 15.3 Å². The molecule has 118 valence electrons. The molecular weight excluding hydrogens is 286 g/mol. The number of imidazole rings is 1. The maximum absolute atomic E-state index is 12.0. The molecule has 3 rings (SSSR count). The molecule has 4 heteroatoms. The van der Waals surface area contributed by atoms with Gasteiger partial charge in [-0.2, -0.15) is 0 Å². The molecule has 0 aliphatic heterocycles. The van der Waals surface area contributed by atoms with Crippen molar-refractivity contribution in [3.8, 4) is 0 Å². The van der Waals surface area contributed by atoms with Gasteiger partial charge < -0.3 is 10.3 Å². The molecule has 4 nitrogen and oxygen atoms in total. The molecule has 0 unspecified atom stereocenters. The summed E-state index contributed by atoms with van der Waals surface area (Å²) in [6.45, 7) is 2.84. The van der Waals surface area contributed by atoms with Gasteiger partial charge in [-0.1, -0.05) is 37.6 Å². The predicted molar refractivity (Wildman–Crippen MR) is 92.6 cm³/mol. The number of carbonyl (C=O) groups excluding carboxylic acids is 1. The molecule has 2 N–H and O–H groups in total. The van der Waals surface area contributed by atoms with Crippen LogP contribution in [0.3, 0.4) is 0 Å². The topological polar surface area (TPSA) is 57.8 Å². The van der Waals surface area contributed by atoms with Crippen molar-refractivity contribution in [1.29, 1.82) is 0 Å². The van der Waals surface area contributed by atoms with Crippen LogP contribution in [0.2, 0.25) is 0 Å². The first-order valence-electron chi connectivity index (χ1n) is 8.07. The Morgan fingerprint density at radius 2 is 1.91 bits per heavy atom. The Hall–Kier alpha value is -2.62. The van der Waals surface area contributed by atoms with Crippen LogP contribution < -0.4 is 5.32 Å². The van der Waals surface area contributed by atoms with Crippen molar-refractivity contribution in [2.24, 2.45) is 0 Å². The van der Waals surface area contributed by atoms with Crippen molar-refractivity contribution < 1.29 is 4.79 Å². The van der Waals surface area contributed by atoms with Gasteiger partial charge in [-0.05, 0) is 36.2 Å². The van der Waals surface area contributed by atoms with E-state index in [1.54, 1.807) is 0 Å². The standard InChI is InChI=1S/C19H21N3O/c1-2-3-12-20-19(23)15-10-8-14(9-11-15)13-18-21-16-6-4-5-7-17(16)22-18/h4-11H,2-3,12-13H2,1H3,(H,20,23)(H,21,22). The first-order chi connectivity index (χ1) is 11.3. The van der Waals surface area contributed by atoms with Crippen molar-refractivity contribution in [2.75, 3.05) is 6.54 Å². The molecule has 0 aliphatic rings. The van der Waals surface area contributed by atoms with Crippen LogP contribution in [0, 0.1) is 0 Å². The van der Waals surface area contributed by atoms with Crippen LogP contribution >= 0.6 is 0 Å². The molecule has 3 aromatic rings. The van der Waals surface area contributed by atoms with Gasteiger partial charge in [0.05, 0.1) is 11.0 Å². The fraction of sp³-hybridized carbons (Fsp3) is 0.263. The van der Waals surface area contributed by atoms with Gasteiger partial charge in [0.2, 0.25) is 0 Å². The second-order valence-electron chi connectivity index (χ2n) is 5.68. The van der Waals surface area contributed by atoms with Gasteiger partial charge in [-0.15, -0.1) is 0 Å². The van der Waals surface area contributed by atoms with Crippen LogP contribution in [-0.2, 0) is 6.42 Å². The van der Waals surface area contributed by atoms with Gasteiger partial charge in [0.1, 0.15) is 5.82 Å². The lowest BCUT2D eigenvalue weighted by molar-refractivity contribution is 0.0953. The van der Waals surface area contributed by atoms with E-state index in [-0.39, 0.29) is 5.91 Å². The molecule has 0 aliphatic carbocycles. The van der Waals surface area contributed by atoms with E-state index in [0.29, 0.717) is 5.56 Å². The highest BCUT2D eigenvalue weighted by Crippen LogP contribution is 2.14. The maximum atomic E-state index is 12.0. The summed E-state index contributed by atoms with van der Waals surface area (Å²) >= 11 is 0. The third-order valence-corrected chi connectivity index (χ3v) is 3.84. The van der Waals surface area contributed by atoms with E-state index >= 15 is 0 Å². The Balaban J connectivity index is 1.66. The molecule has 0 atom stereocenters. The predicted octanol–water partition coefficient (Wildman–Crippen LogP) is 3.68. The van der Waals surface area contributed by atoms with Gasteiger partial charge >= 0.3 is 0 Å². The molecule has 1 heterocycles. The Bertz CT molecular complexity index is 757. The fourth-order valence-electron chi connectivity index (χ4n) is 2.54. The summed E-state index contributed by atoms with van der Waals surface area (Å²) < 4.78 is 0. The summed E-state index contributed by atoms with van der Waals surface area (Å²) in [7, 11) is 0. The molecule has 1 amide bonds. The largest absolute Gasteiger partial charge is 0.352 e. The number of H-pyrrole nitrogens is 1. The molecule has 2 aromatic carbocycles. The van der Waals surface area contributed by atoms with Crippen LogP contribution in [0.4, 0.5) is 0 Å². The molecule has 1 aromatic heterocycles. The number of aromatic nitrogens is 2. The fourth-order valence-corrected chi connectivity index (χ4v) is 2.54. The smallest absolute Gasteiger partial charge is 0.251 e. The number of aromatic amines is 1. The summed E-state index contributed by atoms with van der Waals surface area (Å²) in [5.41, 5.74) is 3.87. The van der Waals surface area contributed by atoms with E-state index in [1.807, 2.05) is 48.5 Å². The molecule has 0 bridgehead atoms. The number of amides is 1. The van der Waals surface area contributed by atoms with Gasteiger partial charge in [0.15, 0.2) is 0 Å². The SMILES string of the molecule is CCCCNC(=O)c1ccc(Cc2nc3ccccc3[nH]2)cc1. The lowest BCUT2D eigenvalue weighted by atomic mass is 10.1. The Labute approximate surface area is 136 Å². The zero-order valence-electron chi connectivity index (χ0n) is 13.3. The van der Waals surface area contributed by atoms with Crippen molar-refractivity contribution in [3.05, 3.63) is 65.5 Å². The van der Waals surface area contributed by atoms with E-state index in [2.05, 4.69) is 22.2 Å². The monoisotopic (exact) mass is 307 g/mol. The molecule has 0 saturated heterocycles. The average molecular weight is 307 g/mol. The number of nitrogens with one attached hydrogen (secondary N) is 2. The highest BCUT2D eigenvalue weighted by molar-refractivity contribution is 5.94. The van der Waals surface area contributed by atoms with E-state index in [1.165, 1.54) is 0 Å². The summed E-state index contributed by atoms with van der Waals surface area (Å²) in [5.74, 6) is 0.931. The summed E-state index contributed by atoms with van der Waals surface area (Å²) in [5, 5.41) is 2.93. The molecule has 0 spiro atoms. The number of hydrogen-bond acceptors (Lipinski definition) is 2. The Morgan fingerprint density at radius 3 is 2.65 bits per heavy atom. The van der Waals surface area contributed by atoms with Gasteiger partial charge in [-0.3, -0.25) is 4.79 Å². The molecule has 0 radical (unpaired) electrons. The minimum Gasteiger partial charge on any atom is -0.352 e. The van der Waals surface area contributed by atoms with Crippen molar-refractivity contribution in [3.63, 3.8) is 0 Å². The number of unbranched alkanes of at least 4 members (excludes halogenated alkanes) is 1. The highest BCUT2D eigenvalue weighted by Gasteiger charge is 2.06. The minimum absolute atomic E-state index is 0.00580. The first-order valence-corrected chi connectivity index (χ1v) is 8.07. The third kappa shape index (κ3) is 3.77. The number of hydrogen-bond donors (Lipinski definition) is 2. The normalized spacial score (nSPS) is 10.8. The molecule has 0 fully saturated rings. The number of benzene rings is 2. The van der Waals surface area contributed by atoms with E-state index in [0.717, 1.165) is 48.2 Å². The van der Waals surface area contributed by atoms with E-state index in [9.17, 15) is 4.79 Å². The van der Waals surface area contributed by atoms with E-state index < -0.39 is 0 Å². The molecule has 23 heavy (non-hydrogen) atoms. The number of fused-ring (bicyclic) bond motifs is 1.